The number of anilines is 2. The van der Waals surface area contributed by atoms with Gasteiger partial charge in [0.1, 0.15) is 0 Å². The molecule has 0 radical (unpaired) electrons. The molecule has 0 amide bonds. The molecule has 0 fully saturated rings. The zero-order valence-corrected chi connectivity index (χ0v) is 21.3. The van der Waals surface area contributed by atoms with Gasteiger partial charge in [0.15, 0.2) is 0 Å². The van der Waals surface area contributed by atoms with Gasteiger partial charge in [-0.2, -0.15) is 0 Å². The van der Waals surface area contributed by atoms with E-state index in [4.69, 9.17) is 0 Å². The van der Waals surface area contributed by atoms with Crippen LogP contribution in [0.2, 0.25) is 0 Å². The summed E-state index contributed by atoms with van der Waals surface area (Å²) in [6, 6.07) is 42.4. The van der Waals surface area contributed by atoms with Crippen LogP contribution < -0.4 is 4.90 Å². The van der Waals surface area contributed by atoms with E-state index in [-0.39, 0.29) is 5.41 Å². The monoisotopic (exact) mass is 487 g/mol. The quantitative estimate of drug-likeness (QED) is 0.213. The van der Waals surface area contributed by atoms with Gasteiger partial charge in [0.05, 0.1) is 5.41 Å². The van der Waals surface area contributed by atoms with Crippen molar-refractivity contribution >= 4 is 22.1 Å². The maximum Gasteiger partial charge on any atom is 0.0518 e. The molecule has 1 nitrogen and oxygen atoms in total. The minimum absolute atomic E-state index is 0.249. The molecule has 7 rings (SSSR count). The van der Waals surface area contributed by atoms with Crippen molar-refractivity contribution in [3.05, 3.63) is 156 Å². The Labute approximate surface area is 225 Å². The van der Waals surface area contributed by atoms with E-state index < -0.39 is 0 Å². The van der Waals surface area contributed by atoms with Crippen molar-refractivity contribution in [3.63, 3.8) is 0 Å². The van der Waals surface area contributed by atoms with Crippen molar-refractivity contribution in [2.75, 3.05) is 11.4 Å². The van der Waals surface area contributed by atoms with E-state index in [1.54, 1.807) is 0 Å². The summed E-state index contributed by atoms with van der Waals surface area (Å²) in [4.78, 5) is 2.47. The lowest BCUT2D eigenvalue weighted by atomic mass is 9.69. The molecule has 0 N–H and O–H groups in total. The number of benzene rings is 5. The predicted molar refractivity (Wildman–Crippen MR) is 162 cm³/mol. The van der Waals surface area contributed by atoms with E-state index in [2.05, 4.69) is 157 Å². The van der Waals surface area contributed by atoms with Crippen molar-refractivity contribution in [2.24, 2.45) is 0 Å². The third kappa shape index (κ3) is 3.66. The van der Waals surface area contributed by atoms with Crippen molar-refractivity contribution in [2.45, 2.75) is 11.8 Å². The zero-order valence-electron chi connectivity index (χ0n) is 21.3. The fourth-order valence-corrected chi connectivity index (χ4v) is 6.27. The highest BCUT2D eigenvalue weighted by molar-refractivity contribution is 5.89. The Hall–Kier alpha value is -4.80. The average molecular weight is 488 g/mol. The summed E-state index contributed by atoms with van der Waals surface area (Å²) in [5.74, 6) is 0. The van der Waals surface area contributed by atoms with Gasteiger partial charge in [0.25, 0.3) is 0 Å². The number of rotatable bonds is 1. The SMILES string of the molecule is C#C.C1=C\CN(c2ccc3ccccc3c2)c2ccccc2C2(C\C=C/1)c1ccccc1-c1ccccc12. The molecule has 1 spiro atoms. The Morgan fingerprint density at radius 1 is 0.553 bits per heavy atom. The highest BCUT2D eigenvalue weighted by atomic mass is 15.1. The fraction of sp³-hybridized carbons (Fsp3) is 0.0811. The Kier molecular flexibility index (Phi) is 6.16. The molecular formula is C37H29N. The van der Waals surface area contributed by atoms with Crippen molar-refractivity contribution in [3.8, 4) is 24.0 Å². The lowest BCUT2D eigenvalue weighted by Gasteiger charge is -2.37. The molecule has 38 heavy (non-hydrogen) atoms. The molecule has 0 saturated carbocycles. The number of fused-ring (bicyclic) bond motifs is 8. The van der Waals surface area contributed by atoms with E-state index in [9.17, 15) is 0 Å². The Bertz CT molecular complexity index is 1660. The van der Waals surface area contributed by atoms with Crippen LogP contribution in [0.4, 0.5) is 11.4 Å². The smallest absolute Gasteiger partial charge is 0.0518 e. The number of nitrogens with zero attached hydrogens (tertiary/aromatic N) is 1. The molecule has 1 aliphatic heterocycles. The van der Waals surface area contributed by atoms with Crippen molar-refractivity contribution in [1.29, 1.82) is 0 Å². The Balaban J connectivity index is 0.00000129. The third-order valence-corrected chi connectivity index (χ3v) is 7.86. The standard InChI is InChI=1S/C35H27N.C2H2/c1-2-12-24-36(28-22-21-26-13-3-4-14-27(26)25-28)34-20-10-9-19-33(34)35(23-11-1)31-17-7-5-15-29(31)30-16-6-8-18-32(30)35;1-2/h1-22,25H,23-24H2;1-2H/b11-1-,12-2-;. The fourth-order valence-electron chi connectivity index (χ4n) is 6.27. The van der Waals surface area contributed by atoms with Crippen LogP contribution in [-0.2, 0) is 5.41 Å². The zero-order chi connectivity index (χ0) is 26.0. The molecule has 182 valence electrons. The molecule has 0 unspecified atom stereocenters. The van der Waals surface area contributed by atoms with Crippen molar-refractivity contribution in [1.82, 2.24) is 0 Å². The molecule has 0 atom stereocenters. The Morgan fingerprint density at radius 3 is 1.87 bits per heavy atom. The number of hydrogen-bond donors (Lipinski definition) is 0. The minimum Gasteiger partial charge on any atom is -0.337 e. The number of terminal acetylenes is 1. The first-order chi connectivity index (χ1) is 18.9. The second kappa shape index (κ2) is 9.92. The summed E-state index contributed by atoms with van der Waals surface area (Å²) < 4.78 is 0. The normalized spacial score (nSPS) is 16.4. The lowest BCUT2D eigenvalue weighted by molar-refractivity contribution is 0.644. The number of para-hydroxylation sites is 1. The molecular weight excluding hydrogens is 458 g/mol. The van der Waals surface area contributed by atoms with Crippen LogP contribution in [-0.4, -0.2) is 6.54 Å². The second-order valence-electron chi connectivity index (χ2n) is 9.72. The molecule has 1 heterocycles. The molecule has 0 aromatic heterocycles. The molecule has 1 heteroatoms. The van der Waals surface area contributed by atoms with Crippen LogP contribution >= 0.6 is 0 Å². The van der Waals surface area contributed by atoms with E-state index in [1.807, 2.05) is 0 Å². The van der Waals surface area contributed by atoms with Crippen LogP contribution in [0.25, 0.3) is 21.9 Å². The first-order valence-electron chi connectivity index (χ1n) is 13.1. The van der Waals surface area contributed by atoms with Gasteiger partial charge in [0.2, 0.25) is 0 Å². The second-order valence-corrected chi connectivity index (χ2v) is 9.72. The van der Waals surface area contributed by atoms with E-state index in [0.29, 0.717) is 0 Å². The first kappa shape index (κ1) is 23.6. The average Bonchev–Trinajstić information content (AvgIpc) is 3.28. The van der Waals surface area contributed by atoms with E-state index in [0.717, 1.165) is 13.0 Å². The maximum atomic E-state index is 4.00. The molecule has 1 aliphatic carbocycles. The largest absolute Gasteiger partial charge is 0.337 e. The van der Waals surface area contributed by atoms with Gasteiger partial charge in [-0.15, -0.1) is 12.8 Å². The third-order valence-electron chi connectivity index (χ3n) is 7.86. The number of allylic oxidation sites excluding steroid dienone is 3. The highest BCUT2D eigenvalue weighted by Gasteiger charge is 2.45. The Morgan fingerprint density at radius 2 is 1.13 bits per heavy atom. The van der Waals surface area contributed by atoms with Gasteiger partial charge in [-0.05, 0) is 63.2 Å². The van der Waals surface area contributed by atoms with Gasteiger partial charge in [-0.3, -0.25) is 0 Å². The van der Waals surface area contributed by atoms with E-state index >= 15 is 0 Å². The molecule has 2 aliphatic rings. The summed E-state index contributed by atoms with van der Waals surface area (Å²) >= 11 is 0. The van der Waals surface area contributed by atoms with Crippen LogP contribution in [0.15, 0.2) is 140 Å². The van der Waals surface area contributed by atoms with Crippen molar-refractivity contribution < 1.29 is 0 Å². The molecule has 0 saturated heterocycles. The lowest BCUT2D eigenvalue weighted by Crippen LogP contribution is -2.30. The maximum absolute atomic E-state index is 4.00. The topological polar surface area (TPSA) is 3.24 Å². The summed E-state index contributed by atoms with van der Waals surface area (Å²) in [5, 5.41) is 2.53. The van der Waals surface area contributed by atoms with Gasteiger partial charge < -0.3 is 4.90 Å². The summed E-state index contributed by atoms with van der Waals surface area (Å²) in [6.07, 6.45) is 17.9. The molecule has 5 aromatic rings. The van der Waals surface area contributed by atoms with Crippen LogP contribution in [0.1, 0.15) is 23.1 Å². The summed E-state index contributed by atoms with van der Waals surface area (Å²) in [7, 11) is 0. The van der Waals surface area contributed by atoms with Crippen LogP contribution in [0.5, 0.6) is 0 Å². The highest BCUT2D eigenvalue weighted by Crippen LogP contribution is 2.56. The van der Waals surface area contributed by atoms with Crippen LogP contribution in [0.3, 0.4) is 0 Å². The number of hydrogen-bond acceptors (Lipinski definition) is 1. The summed E-state index contributed by atoms with van der Waals surface area (Å²) in [5.41, 5.74) is 9.07. The van der Waals surface area contributed by atoms with Crippen LogP contribution in [0, 0.1) is 12.8 Å². The summed E-state index contributed by atoms with van der Waals surface area (Å²) in [6.45, 7) is 0.805. The molecule has 5 aromatic carbocycles. The van der Waals surface area contributed by atoms with Gasteiger partial charge >= 0.3 is 0 Å². The van der Waals surface area contributed by atoms with Gasteiger partial charge in [0, 0.05) is 17.9 Å². The predicted octanol–water partition coefficient (Wildman–Crippen LogP) is 9.06. The first-order valence-corrected chi connectivity index (χ1v) is 13.1. The molecule has 0 bridgehead atoms. The minimum atomic E-state index is -0.249. The van der Waals surface area contributed by atoms with Gasteiger partial charge in [-0.25, -0.2) is 0 Å². The van der Waals surface area contributed by atoms with E-state index in [1.165, 1.54) is 50.0 Å². The van der Waals surface area contributed by atoms with Gasteiger partial charge in [-0.1, -0.05) is 121 Å².